The SMILES string of the molecule is CC(C)(NS(=O)(=O)c1ccc(B2OC(C)(C)C(C)(C)O2)cc1C(F)(F)F)C(F)(F)F. The molecule has 1 saturated heterocycles. The predicted octanol–water partition coefficient (Wildman–Crippen LogP) is 3.62. The van der Waals surface area contributed by atoms with Crippen LogP contribution >= 0.6 is 0 Å². The normalized spacial score (nSPS) is 19.9. The molecular weight excluding hydrogens is 439 g/mol. The molecule has 30 heavy (non-hydrogen) atoms. The van der Waals surface area contributed by atoms with Crippen molar-refractivity contribution >= 4 is 22.6 Å². The van der Waals surface area contributed by atoms with E-state index < -0.39 is 56.7 Å². The number of rotatable bonds is 4. The molecule has 1 aliphatic heterocycles. The maximum Gasteiger partial charge on any atom is 0.494 e. The number of sulfonamides is 1. The topological polar surface area (TPSA) is 64.6 Å². The van der Waals surface area contributed by atoms with Gasteiger partial charge in [-0.3, -0.25) is 0 Å². The highest BCUT2D eigenvalue weighted by Crippen LogP contribution is 2.39. The first kappa shape index (κ1) is 25.0. The van der Waals surface area contributed by atoms with Crippen LogP contribution in [0.25, 0.3) is 0 Å². The number of halogens is 6. The van der Waals surface area contributed by atoms with Gasteiger partial charge in [0.15, 0.2) is 0 Å². The Balaban J connectivity index is 2.54. The van der Waals surface area contributed by atoms with E-state index in [9.17, 15) is 34.8 Å². The Kier molecular flexibility index (Phi) is 5.91. The molecule has 1 N–H and O–H groups in total. The molecule has 1 heterocycles. The van der Waals surface area contributed by atoms with Crippen molar-refractivity contribution in [1.82, 2.24) is 4.72 Å². The van der Waals surface area contributed by atoms with Crippen molar-refractivity contribution < 1.29 is 44.1 Å². The molecule has 1 aromatic carbocycles. The standard InChI is InChI=1S/C17H22BF6NO4S/c1-13(2,17(22,23)24)25-30(26,27)12-8-7-10(9-11(12)16(19,20)21)18-28-14(3,4)15(5,6)29-18/h7-9,25H,1-6H3. The molecule has 13 heteroatoms. The molecule has 0 aromatic heterocycles. The minimum atomic E-state index is -5.17. The van der Waals surface area contributed by atoms with Gasteiger partial charge in [0.25, 0.3) is 0 Å². The number of nitrogens with one attached hydrogen (secondary N) is 1. The Morgan fingerprint density at radius 1 is 0.933 bits per heavy atom. The van der Waals surface area contributed by atoms with Crippen molar-refractivity contribution in [2.45, 2.75) is 75.5 Å². The zero-order valence-corrected chi connectivity index (χ0v) is 17.9. The Morgan fingerprint density at radius 3 is 1.80 bits per heavy atom. The van der Waals surface area contributed by atoms with Crippen LogP contribution in [0.1, 0.15) is 47.1 Å². The van der Waals surface area contributed by atoms with Crippen molar-refractivity contribution in [2.75, 3.05) is 0 Å². The second-order valence-corrected chi connectivity index (χ2v) is 10.2. The monoisotopic (exact) mass is 461 g/mol. The first-order valence-electron chi connectivity index (χ1n) is 8.78. The van der Waals surface area contributed by atoms with Gasteiger partial charge in [0, 0.05) is 0 Å². The van der Waals surface area contributed by atoms with Gasteiger partial charge in [0.2, 0.25) is 10.0 Å². The van der Waals surface area contributed by atoms with Crippen molar-refractivity contribution in [2.24, 2.45) is 0 Å². The molecule has 5 nitrogen and oxygen atoms in total. The summed E-state index contributed by atoms with van der Waals surface area (Å²) in [6, 6.07) is 2.13. The quantitative estimate of drug-likeness (QED) is 0.550. The zero-order valence-electron chi connectivity index (χ0n) is 17.1. The third-order valence-electron chi connectivity index (χ3n) is 5.22. The summed E-state index contributed by atoms with van der Waals surface area (Å²) in [5.74, 6) is 0. The summed E-state index contributed by atoms with van der Waals surface area (Å²) < 4.78 is 117. The molecule has 0 bridgehead atoms. The Labute approximate surface area is 171 Å². The van der Waals surface area contributed by atoms with E-state index >= 15 is 0 Å². The summed E-state index contributed by atoms with van der Waals surface area (Å²) in [6.45, 7) is 7.74. The first-order valence-corrected chi connectivity index (χ1v) is 10.3. The summed E-state index contributed by atoms with van der Waals surface area (Å²) >= 11 is 0. The van der Waals surface area contributed by atoms with E-state index in [2.05, 4.69) is 0 Å². The summed E-state index contributed by atoms with van der Waals surface area (Å²) in [5, 5.41) is 0. The van der Waals surface area contributed by atoms with Crippen LogP contribution in [-0.2, 0) is 25.5 Å². The van der Waals surface area contributed by atoms with E-state index in [4.69, 9.17) is 9.31 Å². The van der Waals surface area contributed by atoms with E-state index in [-0.39, 0.29) is 5.46 Å². The molecule has 2 rings (SSSR count). The molecule has 0 amide bonds. The summed E-state index contributed by atoms with van der Waals surface area (Å²) in [6.07, 6.45) is -10.2. The highest BCUT2D eigenvalue weighted by molar-refractivity contribution is 7.89. The van der Waals surface area contributed by atoms with Crippen LogP contribution in [0.3, 0.4) is 0 Å². The van der Waals surface area contributed by atoms with Gasteiger partial charge >= 0.3 is 19.5 Å². The van der Waals surface area contributed by atoms with Crippen molar-refractivity contribution in [3.8, 4) is 0 Å². The number of hydrogen-bond acceptors (Lipinski definition) is 4. The smallest absolute Gasteiger partial charge is 0.399 e. The summed E-state index contributed by atoms with van der Waals surface area (Å²) in [7, 11) is -6.39. The van der Waals surface area contributed by atoms with Gasteiger partial charge in [-0.15, -0.1) is 0 Å². The highest BCUT2D eigenvalue weighted by atomic mass is 32.2. The van der Waals surface area contributed by atoms with Gasteiger partial charge in [0.1, 0.15) is 5.54 Å². The maximum absolute atomic E-state index is 13.6. The van der Waals surface area contributed by atoms with Gasteiger partial charge in [-0.1, -0.05) is 6.07 Å². The van der Waals surface area contributed by atoms with Gasteiger partial charge < -0.3 is 9.31 Å². The number of alkyl halides is 6. The summed E-state index contributed by atoms with van der Waals surface area (Å²) in [5.41, 5.74) is -6.45. The first-order chi connectivity index (χ1) is 13.1. The van der Waals surface area contributed by atoms with Crippen molar-refractivity contribution in [3.63, 3.8) is 0 Å². The van der Waals surface area contributed by atoms with Crippen molar-refractivity contribution in [3.05, 3.63) is 23.8 Å². The average Bonchev–Trinajstić information content (AvgIpc) is 2.72. The molecular formula is C17H22BF6NO4S. The van der Waals surface area contributed by atoms with E-state index in [0.717, 1.165) is 6.07 Å². The third-order valence-corrected chi connectivity index (χ3v) is 6.94. The molecule has 0 saturated carbocycles. The minimum Gasteiger partial charge on any atom is -0.399 e. The molecule has 170 valence electrons. The molecule has 0 unspecified atom stereocenters. The molecule has 0 atom stereocenters. The Morgan fingerprint density at radius 2 is 1.40 bits per heavy atom. The minimum absolute atomic E-state index is 0.116. The number of hydrogen-bond donors (Lipinski definition) is 1. The fourth-order valence-electron chi connectivity index (χ4n) is 2.58. The lowest BCUT2D eigenvalue weighted by molar-refractivity contribution is -0.180. The highest BCUT2D eigenvalue weighted by Gasteiger charge is 2.53. The average molecular weight is 461 g/mol. The van der Waals surface area contributed by atoms with E-state index in [1.165, 1.54) is 4.72 Å². The fraction of sp³-hybridized carbons (Fsp3) is 0.647. The third kappa shape index (κ3) is 4.63. The second-order valence-electron chi connectivity index (χ2n) is 8.57. The van der Waals surface area contributed by atoms with Crippen LogP contribution in [0.2, 0.25) is 0 Å². The Hall–Kier alpha value is -1.31. The lowest BCUT2D eigenvalue weighted by atomic mass is 9.78. The van der Waals surface area contributed by atoms with Crippen LogP contribution in [0.4, 0.5) is 26.3 Å². The van der Waals surface area contributed by atoms with E-state index in [1.54, 1.807) is 27.7 Å². The van der Waals surface area contributed by atoms with Crippen LogP contribution in [0, 0.1) is 0 Å². The van der Waals surface area contributed by atoms with E-state index in [0.29, 0.717) is 26.0 Å². The summed E-state index contributed by atoms with van der Waals surface area (Å²) in [4.78, 5) is -1.33. The molecule has 0 spiro atoms. The van der Waals surface area contributed by atoms with Crippen molar-refractivity contribution in [1.29, 1.82) is 0 Å². The lowest BCUT2D eigenvalue weighted by Crippen LogP contribution is -2.54. The van der Waals surface area contributed by atoms with Crippen LogP contribution in [0.5, 0.6) is 0 Å². The predicted molar refractivity (Wildman–Crippen MR) is 97.6 cm³/mol. The molecule has 0 aliphatic carbocycles. The molecule has 1 fully saturated rings. The molecule has 1 aromatic rings. The second kappa shape index (κ2) is 7.11. The van der Waals surface area contributed by atoms with Gasteiger partial charge in [0.05, 0.1) is 21.7 Å². The molecule has 0 radical (unpaired) electrons. The van der Waals surface area contributed by atoms with Crippen LogP contribution in [0.15, 0.2) is 23.1 Å². The van der Waals surface area contributed by atoms with Gasteiger partial charge in [-0.25, -0.2) is 8.42 Å². The fourth-order valence-corrected chi connectivity index (χ4v) is 4.19. The van der Waals surface area contributed by atoms with Crippen LogP contribution in [-0.4, -0.2) is 38.5 Å². The zero-order chi connectivity index (χ0) is 23.6. The van der Waals surface area contributed by atoms with E-state index in [1.807, 2.05) is 0 Å². The van der Waals surface area contributed by atoms with Crippen LogP contribution < -0.4 is 10.2 Å². The molecule has 1 aliphatic rings. The largest absolute Gasteiger partial charge is 0.494 e. The lowest BCUT2D eigenvalue weighted by Gasteiger charge is -2.32. The number of benzene rings is 1. The maximum atomic E-state index is 13.6. The Bertz CT molecular complexity index is 909. The van der Waals surface area contributed by atoms with Gasteiger partial charge in [-0.2, -0.15) is 31.1 Å². The van der Waals surface area contributed by atoms with Gasteiger partial charge in [-0.05, 0) is 59.1 Å².